The van der Waals surface area contributed by atoms with Gasteiger partial charge in [0.25, 0.3) is 0 Å². The number of hydrogen-bond acceptors (Lipinski definition) is 4. The fraction of sp³-hybridized carbons (Fsp3) is 0.136. The van der Waals surface area contributed by atoms with E-state index in [1.807, 2.05) is 42.5 Å². The highest BCUT2D eigenvalue weighted by Crippen LogP contribution is 2.33. The monoisotopic (exact) mass is 404 g/mol. The maximum absolute atomic E-state index is 12.3. The van der Waals surface area contributed by atoms with Crippen LogP contribution < -0.4 is 5.32 Å². The number of anilines is 1. The minimum atomic E-state index is -0.455. The number of carbonyl (C=O) groups is 1. The third kappa shape index (κ3) is 3.54. The number of carbonyl (C=O) groups excluding carboxylic acids is 1. The topological polar surface area (TPSA) is 79.9 Å². The lowest BCUT2D eigenvalue weighted by Gasteiger charge is -2.15. The van der Waals surface area contributed by atoms with E-state index in [-0.39, 0.29) is 6.10 Å². The van der Waals surface area contributed by atoms with Gasteiger partial charge in [0.2, 0.25) is 0 Å². The first-order valence-electron chi connectivity index (χ1n) is 9.29. The quantitative estimate of drug-likeness (QED) is 0.504. The Bertz CT molecular complexity index is 1210. The van der Waals surface area contributed by atoms with Crippen LogP contribution in [0.2, 0.25) is 5.02 Å². The fourth-order valence-electron chi connectivity index (χ4n) is 3.74. The molecule has 1 amide bonds. The van der Waals surface area contributed by atoms with Gasteiger partial charge >= 0.3 is 6.09 Å². The molecule has 7 heteroatoms. The van der Waals surface area contributed by atoms with Crippen LogP contribution in [0.4, 0.5) is 10.5 Å². The molecule has 2 N–H and O–H groups in total. The predicted molar refractivity (Wildman–Crippen MR) is 112 cm³/mol. The Morgan fingerprint density at radius 3 is 2.83 bits per heavy atom. The molecule has 0 aliphatic carbocycles. The van der Waals surface area contributed by atoms with Crippen molar-refractivity contribution in [3.8, 4) is 11.3 Å². The summed E-state index contributed by atoms with van der Waals surface area (Å²) in [5, 5.41) is 12.0. The summed E-state index contributed by atoms with van der Waals surface area (Å²) in [6.07, 6.45) is 3.93. The summed E-state index contributed by atoms with van der Waals surface area (Å²) in [5.41, 5.74) is 5.46. The molecule has 0 radical (unpaired) electrons. The number of aromatic nitrogens is 3. The molecule has 0 saturated heterocycles. The van der Waals surface area contributed by atoms with Crippen molar-refractivity contribution in [3.63, 3.8) is 0 Å². The normalized spacial score (nSPS) is 16.0. The number of H-pyrrole nitrogens is 1. The van der Waals surface area contributed by atoms with Gasteiger partial charge in [-0.2, -0.15) is 5.10 Å². The van der Waals surface area contributed by atoms with E-state index in [2.05, 4.69) is 26.6 Å². The number of pyridine rings is 1. The average Bonchev–Trinajstić information content (AvgIpc) is 3.04. The third-order valence-corrected chi connectivity index (χ3v) is 5.29. The van der Waals surface area contributed by atoms with Crippen LogP contribution in [-0.4, -0.2) is 27.4 Å². The first-order valence-corrected chi connectivity index (χ1v) is 9.67. The molecule has 0 bridgehead atoms. The van der Waals surface area contributed by atoms with Gasteiger partial charge in [0.15, 0.2) is 0 Å². The van der Waals surface area contributed by atoms with Crippen LogP contribution in [0.15, 0.2) is 60.9 Å². The van der Waals surface area contributed by atoms with Gasteiger partial charge in [-0.1, -0.05) is 23.7 Å². The van der Waals surface area contributed by atoms with Gasteiger partial charge in [-0.05, 0) is 47.5 Å². The van der Waals surface area contributed by atoms with Crippen LogP contribution in [0, 0.1) is 0 Å². The molecule has 0 saturated carbocycles. The van der Waals surface area contributed by atoms with Crippen LogP contribution in [0.1, 0.15) is 11.1 Å². The van der Waals surface area contributed by atoms with E-state index in [0.29, 0.717) is 17.9 Å². The van der Waals surface area contributed by atoms with Gasteiger partial charge in [-0.15, -0.1) is 0 Å². The minimum absolute atomic E-state index is 0.288. The van der Waals surface area contributed by atoms with Crippen molar-refractivity contribution in [1.29, 1.82) is 0 Å². The van der Waals surface area contributed by atoms with E-state index in [4.69, 9.17) is 16.3 Å². The Balaban J connectivity index is 1.52. The van der Waals surface area contributed by atoms with Crippen LogP contribution >= 0.6 is 11.6 Å². The first-order chi connectivity index (χ1) is 14.2. The number of fused-ring (bicyclic) bond motifs is 2. The summed E-state index contributed by atoms with van der Waals surface area (Å²) < 4.78 is 5.63. The number of nitrogens with zero attached hydrogens (tertiary/aromatic N) is 2. The molecule has 1 atom stereocenters. The summed E-state index contributed by atoms with van der Waals surface area (Å²) >= 11 is 6.10. The van der Waals surface area contributed by atoms with E-state index in [1.54, 1.807) is 12.4 Å². The minimum Gasteiger partial charge on any atom is -0.445 e. The van der Waals surface area contributed by atoms with Gasteiger partial charge in [0.1, 0.15) is 11.8 Å². The van der Waals surface area contributed by atoms with Crippen LogP contribution in [0.3, 0.4) is 0 Å². The van der Waals surface area contributed by atoms with Crippen molar-refractivity contribution in [2.45, 2.75) is 18.9 Å². The Morgan fingerprint density at radius 2 is 2.00 bits per heavy atom. The molecule has 5 rings (SSSR count). The second-order valence-corrected chi connectivity index (χ2v) is 7.49. The predicted octanol–water partition coefficient (Wildman–Crippen LogP) is 4.99. The van der Waals surface area contributed by atoms with Gasteiger partial charge < -0.3 is 4.74 Å². The van der Waals surface area contributed by atoms with Crippen LogP contribution in [-0.2, 0) is 17.6 Å². The molecule has 0 fully saturated rings. The third-order valence-electron chi connectivity index (χ3n) is 5.05. The molecular weight excluding hydrogens is 388 g/mol. The molecule has 6 nitrogen and oxygen atoms in total. The van der Waals surface area contributed by atoms with Crippen molar-refractivity contribution >= 4 is 34.3 Å². The zero-order valence-corrected chi connectivity index (χ0v) is 16.1. The van der Waals surface area contributed by atoms with Crippen molar-refractivity contribution in [2.24, 2.45) is 0 Å². The average molecular weight is 405 g/mol. The van der Waals surface area contributed by atoms with E-state index in [0.717, 1.165) is 39.0 Å². The van der Waals surface area contributed by atoms with E-state index >= 15 is 0 Å². The maximum Gasteiger partial charge on any atom is 0.411 e. The van der Waals surface area contributed by atoms with Gasteiger partial charge in [-0.25, -0.2) is 4.79 Å². The lowest BCUT2D eigenvalue weighted by atomic mass is 9.98. The molecule has 1 unspecified atom stereocenters. The fourth-order valence-corrected chi connectivity index (χ4v) is 3.96. The molecule has 1 aliphatic heterocycles. The van der Waals surface area contributed by atoms with Gasteiger partial charge in [0.05, 0.1) is 5.52 Å². The summed E-state index contributed by atoms with van der Waals surface area (Å²) in [5.74, 6) is 0. The highest BCUT2D eigenvalue weighted by Gasteiger charge is 2.24. The molecule has 144 valence electrons. The highest BCUT2D eigenvalue weighted by molar-refractivity contribution is 6.30. The van der Waals surface area contributed by atoms with E-state index in [1.165, 1.54) is 0 Å². The maximum atomic E-state index is 12.3. The van der Waals surface area contributed by atoms with E-state index in [9.17, 15) is 4.79 Å². The number of aromatic amines is 1. The summed E-state index contributed by atoms with van der Waals surface area (Å²) in [6, 6.07) is 15.4. The van der Waals surface area contributed by atoms with Crippen molar-refractivity contribution < 1.29 is 9.53 Å². The number of rotatable bonds is 3. The second kappa shape index (κ2) is 7.22. The lowest BCUT2D eigenvalue weighted by Crippen LogP contribution is -2.22. The number of benzene rings is 2. The SMILES string of the molecule is O=C1Nc2cc3[nH]nc(-c4ccncc4)c3cc2CC(Cc2cccc(Cl)c2)O1. The number of hydrogen-bond donors (Lipinski definition) is 2. The number of nitrogens with one attached hydrogen (secondary N) is 2. The summed E-state index contributed by atoms with van der Waals surface area (Å²) in [6.45, 7) is 0. The first kappa shape index (κ1) is 17.7. The number of ether oxygens (including phenoxy) is 1. The number of cyclic esters (lactones) is 1. The Kier molecular flexibility index (Phi) is 4.41. The molecule has 4 aromatic rings. The zero-order valence-electron chi connectivity index (χ0n) is 15.4. The largest absolute Gasteiger partial charge is 0.445 e. The van der Waals surface area contributed by atoms with Crippen molar-refractivity contribution in [1.82, 2.24) is 15.2 Å². The Hall–Kier alpha value is -3.38. The van der Waals surface area contributed by atoms with Crippen LogP contribution in [0.25, 0.3) is 22.2 Å². The number of halogens is 1. The zero-order chi connectivity index (χ0) is 19.8. The Labute approximate surface area is 171 Å². The smallest absolute Gasteiger partial charge is 0.411 e. The standard InChI is InChI=1S/C22H17ClN4O2/c23-16-3-1-2-13(8-16)9-17-10-15-11-18-20(12-19(15)25-22(28)29-17)26-27-21(18)14-4-6-24-7-5-14/h1-8,11-12,17H,9-10H2,(H,25,28)(H,26,27). The molecule has 2 aromatic carbocycles. The molecule has 0 spiro atoms. The molecular formula is C22H17ClN4O2. The van der Waals surface area contributed by atoms with Crippen LogP contribution in [0.5, 0.6) is 0 Å². The lowest BCUT2D eigenvalue weighted by molar-refractivity contribution is 0.113. The van der Waals surface area contributed by atoms with Gasteiger partial charge in [0, 0.05) is 46.9 Å². The second-order valence-electron chi connectivity index (χ2n) is 7.05. The molecule has 2 aromatic heterocycles. The molecule has 3 heterocycles. The molecule has 29 heavy (non-hydrogen) atoms. The van der Waals surface area contributed by atoms with Crippen molar-refractivity contribution in [3.05, 3.63) is 77.1 Å². The highest BCUT2D eigenvalue weighted by atomic mass is 35.5. The van der Waals surface area contributed by atoms with Gasteiger partial charge in [-0.3, -0.25) is 15.4 Å². The number of amides is 1. The van der Waals surface area contributed by atoms with E-state index < -0.39 is 6.09 Å². The van der Waals surface area contributed by atoms with Crippen molar-refractivity contribution in [2.75, 3.05) is 5.32 Å². The summed E-state index contributed by atoms with van der Waals surface area (Å²) in [4.78, 5) is 16.4. The molecule has 1 aliphatic rings. The summed E-state index contributed by atoms with van der Waals surface area (Å²) in [7, 11) is 0. The Morgan fingerprint density at radius 1 is 1.14 bits per heavy atom.